The standard InChI is InChI=1S/C20H21N7O4S2/c1-11-9-32-19(21-11)24-17(29)10-33-20-26-25-15(6-12-7-16(28)23-18(30)22-12)27(20)13-4-3-5-14(8-13)31-2/h3-5,8-9,12H,6-7,10H2,1-2H3,(H,21,24,29)(H2,22,23,28,30). The van der Waals surface area contributed by atoms with Crippen LogP contribution in [0.4, 0.5) is 9.93 Å². The second-order valence-electron chi connectivity index (χ2n) is 7.19. The van der Waals surface area contributed by atoms with Gasteiger partial charge >= 0.3 is 6.03 Å². The van der Waals surface area contributed by atoms with E-state index in [0.717, 1.165) is 11.4 Å². The van der Waals surface area contributed by atoms with Crippen molar-refractivity contribution in [3.8, 4) is 11.4 Å². The first-order chi connectivity index (χ1) is 15.9. The molecule has 1 aliphatic heterocycles. The minimum atomic E-state index is -0.535. The van der Waals surface area contributed by atoms with E-state index in [1.54, 1.807) is 11.7 Å². The molecule has 1 aromatic carbocycles. The van der Waals surface area contributed by atoms with Crippen molar-refractivity contribution in [2.24, 2.45) is 0 Å². The van der Waals surface area contributed by atoms with Gasteiger partial charge in [0.2, 0.25) is 11.8 Å². The van der Waals surface area contributed by atoms with Crippen LogP contribution in [-0.4, -0.2) is 56.5 Å². The Morgan fingerprint density at radius 2 is 2.21 bits per heavy atom. The highest BCUT2D eigenvalue weighted by Crippen LogP contribution is 2.26. The van der Waals surface area contributed by atoms with E-state index in [9.17, 15) is 14.4 Å². The fourth-order valence-corrected chi connectivity index (χ4v) is 4.72. The van der Waals surface area contributed by atoms with Gasteiger partial charge in [0, 0.05) is 30.3 Å². The van der Waals surface area contributed by atoms with Gasteiger partial charge in [0.25, 0.3) is 0 Å². The third-order valence-electron chi connectivity index (χ3n) is 4.66. The number of nitrogens with zero attached hydrogens (tertiary/aromatic N) is 4. The molecule has 0 spiro atoms. The highest BCUT2D eigenvalue weighted by Gasteiger charge is 2.27. The van der Waals surface area contributed by atoms with Crippen LogP contribution in [0.3, 0.4) is 0 Å². The normalized spacial score (nSPS) is 15.6. The zero-order valence-corrected chi connectivity index (χ0v) is 19.5. The fourth-order valence-electron chi connectivity index (χ4n) is 3.25. The van der Waals surface area contributed by atoms with Gasteiger partial charge in [-0.2, -0.15) is 0 Å². The van der Waals surface area contributed by atoms with Crippen molar-refractivity contribution in [1.82, 2.24) is 30.4 Å². The first-order valence-corrected chi connectivity index (χ1v) is 11.8. The van der Waals surface area contributed by atoms with Crippen LogP contribution in [0.25, 0.3) is 5.69 Å². The molecule has 1 saturated heterocycles. The summed E-state index contributed by atoms with van der Waals surface area (Å²) in [5.74, 6) is 0.725. The van der Waals surface area contributed by atoms with E-state index >= 15 is 0 Å². The lowest BCUT2D eigenvalue weighted by Gasteiger charge is -2.23. The zero-order chi connectivity index (χ0) is 23.4. The second kappa shape index (κ2) is 10.0. The summed E-state index contributed by atoms with van der Waals surface area (Å²) in [4.78, 5) is 40.1. The van der Waals surface area contributed by atoms with Crippen LogP contribution in [-0.2, 0) is 16.0 Å². The number of thioether (sulfide) groups is 1. The summed E-state index contributed by atoms with van der Waals surface area (Å²) < 4.78 is 7.13. The molecule has 4 rings (SSSR count). The number of hydrogen-bond acceptors (Lipinski definition) is 9. The molecule has 1 aliphatic rings. The zero-order valence-electron chi connectivity index (χ0n) is 17.8. The van der Waals surface area contributed by atoms with Crippen LogP contribution in [0.2, 0.25) is 0 Å². The fraction of sp³-hybridized carbons (Fsp3) is 0.300. The number of imide groups is 1. The molecule has 1 atom stereocenters. The number of carbonyl (C=O) groups excluding carboxylic acids is 3. The van der Waals surface area contributed by atoms with Gasteiger partial charge in [0.05, 0.1) is 24.2 Å². The number of carbonyl (C=O) groups is 3. The van der Waals surface area contributed by atoms with E-state index < -0.39 is 12.1 Å². The molecule has 0 bridgehead atoms. The Labute approximate surface area is 197 Å². The van der Waals surface area contributed by atoms with Crippen LogP contribution in [0.15, 0.2) is 34.8 Å². The first-order valence-electron chi connectivity index (χ1n) is 9.95. The Balaban J connectivity index is 1.56. The van der Waals surface area contributed by atoms with Crippen LogP contribution >= 0.6 is 23.1 Å². The Morgan fingerprint density at radius 3 is 2.94 bits per heavy atom. The molecule has 3 heterocycles. The molecule has 0 aliphatic carbocycles. The van der Waals surface area contributed by atoms with Gasteiger partial charge in [0.15, 0.2) is 10.3 Å². The average molecular weight is 488 g/mol. The van der Waals surface area contributed by atoms with Crippen LogP contribution in [0.5, 0.6) is 5.75 Å². The third-order valence-corrected chi connectivity index (χ3v) is 6.46. The number of benzene rings is 1. The minimum absolute atomic E-state index is 0.100. The number of ether oxygens (including phenoxy) is 1. The predicted octanol–water partition coefficient (Wildman–Crippen LogP) is 1.91. The number of nitrogens with one attached hydrogen (secondary N) is 3. The molecule has 172 valence electrons. The number of thiazole rings is 1. The van der Waals surface area contributed by atoms with E-state index in [-0.39, 0.29) is 30.4 Å². The smallest absolute Gasteiger partial charge is 0.321 e. The Kier molecular flexibility index (Phi) is 6.89. The van der Waals surface area contributed by atoms with Gasteiger partial charge in [-0.15, -0.1) is 21.5 Å². The lowest BCUT2D eigenvalue weighted by molar-refractivity contribution is -0.121. The summed E-state index contributed by atoms with van der Waals surface area (Å²) >= 11 is 2.58. The molecule has 2 aromatic heterocycles. The number of methoxy groups -OCH3 is 1. The summed E-state index contributed by atoms with van der Waals surface area (Å²) in [7, 11) is 1.57. The van der Waals surface area contributed by atoms with E-state index in [1.165, 1.54) is 23.1 Å². The van der Waals surface area contributed by atoms with Crippen LogP contribution in [0, 0.1) is 6.92 Å². The Bertz CT molecular complexity index is 1180. The molecule has 1 fully saturated rings. The van der Waals surface area contributed by atoms with Crippen molar-refractivity contribution in [1.29, 1.82) is 0 Å². The summed E-state index contributed by atoms with van der Waals surface area (Å²) in [5, 5.41) is 19.2. The molecule has 3 N–H and O–H groups in total. The first kappa shape index (κ1) is 22.7. The number of urea groups is 1. The van der Waals surface area contributed by atoms with Gasteiger partial charge < -0.3 is 15.4 Å². The highest BCUT2D eigenvalue weighted by atomic mass is 32.2. The number of hydrogen-bond donors (Lipinski definition) is 3. The van der Waals surface area contributed by atoms with Crippen LogP contribution in [0.1, 0.15) is 17.9 Å². The van der Waals surface area contributed by atoms with Gasteiger partial charge in [-0.1, -0.05) is 17.8 Å². The monoisotopic (exact) mass is 487 g/mol. The van der Waals surface area contributed by atoms with E-state index in [1.807, 2.05) is 36.6 Å². The molecule has 0 radical (unpaired) electrons. The highest BCUT2D eigenvalue weighted by molar-refractivity contribution is 7.99. The molecular formula is C20H21N7O4S2. The summed E-state index contributed by atoms with van der Waals surface area (Å²) in [5.41, 5.74) is 1.58. The largest absolute Gasteiger partial charge is 0.497 e. The lowest BCUT2D eigenvalue weighted by Crippen LogP contribution is -2.53. The lowest BCUT2D eigenvalue weighted by atomic mass is 10.1. The number of aromatic nitrogens is 4. The number of amides is 4. The molecule has 4 amide bonds. The van der Waals surface area contributed by atoms with Crippen molar-refractivity contribution in [2.75, 3.05) is 18.2 Å². The Morgan fingerprint density at radius 1 is 1.36 bits per heavy atom. The average Bonchev–Trinajstić information content (AvgIpc) is 3.37. The summed E-state index contributed by atoms with van der Waals surface area (Å²) in [6.07, 6.45) is 0.420. The number of rotatable bonds is 8. The molecular weight excluding hydrogens is 466 g/mol. The quantitative estimate of drug-likeness (QED) is 0.409. The maximum atomic E-state index is 12.4. The summed E-state index contributed by atoms with van der Waals surface area (Å²) in [6, 6.07) is 6.38. The van der Waals surface area contributed by atoms with Crippen LogP contribution < -0.4 is 20.7 Å². The molecule has 33 heavy (non-hydrogen) atoms. The molecule has 11 nitrogen and oxygen atoms in total. The van der Waals surface area contributed by atoms with Crippen molar-refractivity contribution in [2.45, 2.75) is 31.0 Å². The molecule has 0 saturated carbocycles. The maximum Gasteiger partial charge on any atom is 0.321 e. The third kappa shape index (κ3) is 5.68. The molecule has 3 aromatic rings. The second-order valence-corrected chi connectivity index (χ2v) is 8.99. The molecule has 1 unspecified atom stereocenters. The van der Waals surface area contributed by atoms with E-state index in [0.29, 0.717) is 21.9 Å². The predicted molar refractivity (Wildman–Crippen MR) is 123 cm³/mol. The number of anilines is 1. The van der Waals surface area contributed by atoms with Gasteiger partial charge in [0.1, 0.15) is 11.6 Å². The van der Waals surface area contributed by atoms with Gasteiger partial charge in [-0.3, -0.25) is 19.5 Å². The number of aryl methyl sites for hydroxylation is 1. The van der Waals surface area contributed by atoms with Crippen molar-refractivity contribution in [3.05, 3.63) is 41.2 Å². The van der Waals surface area contributed by atoms with Crippen molar-refractivity contribution < 1.29 is 19.1 Å². The topological polar surface area (TPSA) is 140 Å². The van der Waals surface area contributed by atoms with Gasteiger partial charge in [-0.25, -0.2) is 9.78 Å². The Hall–Kier alpha value is -3.45. The minimum Gasteiger partial charge on any atom is -0.497 e. The summed E-state index contributed by atoms with van der Waals surface area (Å²) in [6.45, 7) is 1.86. The SMILES string of the molecule is COc1cccc(-n2c(CC3CC(=O)NC(=O)N3)nnc2SCC(=O)Nc2nc(C)cs2)c1. The van der Waals surface area contributed by atoms with Crippen molar-refractivity contribution >= 4 is 46.1 Å². The van der Waals surface area contributed by atoms with E-state index in [2.05, 4.69) is 31.1 Å². The van der Waals surface area contributed by atoms with Crippen molar-refractivity contribution in [3.63, 3.8) is 0 Å². The van der Waals surface area contributed by atoms with Gasteiger partial charge in [-0.05, 0) is 19.1 Å². The van der Waals surface area contributed by atoms with E-state index in [4.69, 9.17) is 4.74 Å². The maximum absolute atomic E-state index is 12.4. The molecule has 13 heteroatoms.